The van der Waals surface area contributed by atoms with E-state index in [1.807, 2.05) is 24.3 Å². The summed E-state index contributed by atoms with van der Waals surface area (Å²) in [5.74, 6) is -0.160. The first-order valence-corrected chi connectivity index (χ1v) is 10.9. The molecule has 0 bridgehead atoms. The molecule has 0 saturated carbocycles. The lowest BCUT2D eigenvalue weighted by molar-refractivity contribution is -0.115. The van der Waals surface area contributed by atoms with Gasteiger partial charge in [-0.3, -0.25) is 14.9 Å². The van der Waals surface area contributed by atoms with Crippen LogP contribution in [0.4, 0.5) is 11.4 Å². The van der Waals surface area contributed by atoms with Gasteiger partial charge in [0.05, 0.1) is 27.9 Å². The Morgan fingerprint density at radius 3 is 2.58 bits per heavy atom. The molecule has 31 heavy (non-hydrogen) atoms. The van der Waals surface area contributed by atoms with Crippen LogP contribution in [0.5, 0.6) is 5.75 Å². The molecule has 0 aliphatic heterocycles. The molecule has 0 heterocycles. The van der Waals surface area contributed by atoms with Gasteiger partial charge in [0.2, 0.25) is 5.91 Å². The van der Waals surface area contributed by atoms with Gasteiger partial charge in [-0.1, -0.05) is 42.8 Å². The largest absolute Gasteiger partial charge is 0.495 e. The molecule has 2 amide bonds. The van der Waals surface area contributed by atoms with Crippen LogP contribution in [-0.4, -0.2) is 24.0 Å². The predicted octanol–water partition coefficient (Wildman–Crippen LogP) is 5.74. The zero-order valence-electron chi connectivity index (χ0n) is 16.7. The molecular weight excluding hydrogens is 502 g/mol. The van der Waals surface area contributed by atoms with Crippen LogP contribution in [0.2, 0.25) is 5.02 Å². The highest BCUT2D eigenvalue weighted by atomic mass is 79.9. The molecule has 0 aliphatic carbocycles. The number of fused-ring (bicyclic) bond motifs is 1. The summed E-state index contributed by atoms with van der Waals surface area (Å²) in [6, 6.07) is 14.3. The smallest absolute Gasteiger partial charge is 0.261 e. The second-order valence-electron chi connectivity index (χ2n) is 6.50. The van der Waals surface area contributed by atoms with Crippen molar-refractivity contribution in [1.82, 2.24) is 5.32 Å². The van der Waals surface area contributed by atoms with Gasteiger partial charge in [-0.15, -0.1) is 0 Å². The lowest BCUT2D eigenvalue weighted by Gasteiger charge is -2.15. The summed E-state index contributed by atoms with van der Waals surface area (Å²) >= 11 is 15.0. The molecule has 3 N–H and O–H groups in total. The van der Waals surface area contributed by atoms with E-state index in [0.29, 0.717) is 38.6 Å². The minimum Gasteiger partial charge on any atom is -0.495 e. The van der Waals surface area contributed by atoms with E-state index in [0.717, 1.165) is 10.8 Å². The molecule has 0 radical (unpaired) electrons. The topological polar surface area (TPSA) is 79.5 Å². The summed E-state index contributed by atoms with van der Waals surface area (Å²) in [4.78, 5) is 24.5. The van der Waals surface area contributed by atoms with E-state index in [4.69, 9.17) is 28.6 Å². The van der Waals surface area contributed by atoms with E-state index in [2.05, 4.69) is 31.9 Å². The number of thiocarbonyl (C=S) groups is 1. The van der Waals surface area contributed by atoms with Crippen LogP contribution in [0.25, 0.3) is 10.8 Å². The number of methoxy groups -OCH3 is 1. The van der Waals surface area contributed by atoms with Gasteiger partial charge in [0.15, 0.2) is 5.11 Å². The summed E-state index contributed by atoms with van der Waals surface area (Å²) < 4.78 is 6.14. The highest BCUT2D eigenvalue weighted by Gasteiger charge is 2.19. The maximum Gasteiger partial charge on any atom is 0.261 e. The van der Waals surface area contributed by atoms with Gasteiger partial charge in [-0.25, -0.2) is 0 Å². The minimum absolute atomic E-state index is 0.0530. The number of hydrogen-bond donors (Lipinski definition) is 3. The second kappa shape index (κ2) is 10.1. The van der Waals surface area contributed by atoms with Crippen LogP contribution in [0.3, 0.4) is 0 Å². The number of carbonyl (C=O) groups excluding carboxylic acids is 2. The normalized spacial score (nSPS) is 10.5. The molecule has 0 fully saturated rings. The number of ether oxygens (including phenoxy) is 1. The average molecular weight is 521 g/mol. The Bertz CT molecular complexity index is 1190. The van der Waals surface area contributed by atoms with Crippen LogP contribution in [0.15, 0.2) is 53.0 Å². The van der Waals surface area contributed by atoms with Crippen LogP contribution in [0.1, 0.15) is 23.7 Å². The Labute approximate surface area is 198 Å². The molecular formula is C22H19BrClN3O3S. The predicted molar refractivity (Wildman–Crippen MR) is 132 cm³/mol. The van der Waals surface area contributed by atoms with Crippen molar-refractivity contribution in [2.24, 2.45) is 0 Å². The monoisotopic (exact) mass is 519 g/mol. The molecule has 3 aromatic rings. The van der Waals surface area contributed by atoms with E-state index < -0.39 is 5.91 Å². The van der Waals surface area contributed by atoms with Crippen molar-refractivity contribution in [1.29, 1.82) is 0 Å². The number of benzene rings is 3. The van der Waals surface area contributed by atoms with Crippen LogP contribution < -0.4 is 20.7 Å². The molecule has 0 saturated heterocycles. The van der Waals surface area contributed by atoms with E-state index in [9.17, 15) is 9.59 Å². The molecule has 0 aliphatic rings. The quantitative estimate of drug-likeness (QED) is 0.374. The number of halogens is 2. The third kappa shape index (κ3) is 5.33. The van der Waals surface area contributed by atoms with Gasteiger partial charge >= 0.3 is 0 Å². The van der Waals surface area contributed by atoms with E-state index >= 15 is 0 Å². The zero-order valence-corrected chi connectivity index (χ0v) is 19.9. The third-order valence-electron chi connectivity index (χ3n) is 4.44. The SMILES string of the molecule is CCC(=O)Nc1ccc(Cl)c(NC(=S)NC(=O)c2cc3ccccc3c(Br)c2OC)c1. The number of anilines is 2. The van der Waals surface area contributed by atoms with Gasteiger partial charge in [0.1, 0.15) is 5.75 Å². The Hall–Kier alpha value is -2.68. The maximum atomic E-state index is 12.9. The van der Waals surface area contributed by atoms with E-state index in [-0.39, 0.29) is 11.0 Å². The molecule has 6 nitrogen and oxygen atoms in total. The van der Waals surface area contributed by atoms with Crippen molar-refractivity contribution in [2.45, 2.75) is 13.3 Å². The number of carbonyl (C=O) groups is 2. The zero-order chi connectivity index (χ0) is 22.5. The first-order valence-electron chi connectivity index (χ1n) is 9.31. The number of hydrogen-bond acceptors (Lipinski definition) is 4. The van der Waals surface area contributed by atoms with Gasteiger partial charge in [-0.05, 0) is 63.2 Å². The summed E-state index contributed by atoms with van der Waals surface area (Å²) in [7, 11) is 1.50. The van der Waals surface area contributed by atoms with Crippen LogP contribution in [0, 0.1) is 0 Å². The van der Waals surface area contributed by atoms with Gasteiger partial charge in [0, 0.05) is 12.1 Å². The van der Waals surface area contributed by atoms with Gasteiger partial charge in [-0.2, -0.15) is 0 Å². The summed E-state index contributed by atoms with van der Waals surface area (Å²) in [5, 5.41) is 10.5. The molecule has 0 aromatic heterocycles. The summed E-state index contributed by atoms with van der Waals surface area (Å²) in [6.07, 6.45) is 0.350. The molecule has 0 unspecified atom stereocenters. The molecule has 3 rings (SSSR count). The van der Waals surface area contributed by atoms with Crippen molar-refractivity contribution in [3.63, 3.8) is 0 Å². The number of rotatable bonds is 5. The molecule has 0 spiro atoms. The van der Waals surface area contributed by atoms with Crippen molar-refractivity contribution in [2.75, 3.05) is 17.7 Å². The Morgan fingerprint density at radius 1 is 1.13 bits per heavy atom. The van der Waals surface area contributed by atoms with Crippen LogP contribution in [-0.2, 0) is 4.79 Å². The lowest BCUT2D eigenvalue weighted by Crippen LogP contribution is -2.34. The van der Waals surface area contributed by atoms with Crippen molar-refractivity contribution < 1.29 is 14.3 Å². The fourth-order valence-electron chi connectivity index (χ4n) is 2.92. The Morgan fingerprint density at radius 2 is 1.87 bits per heavy atom. The van der Waals surface area contributed by atoms with E-state index in [1.54, 1.807) is 31.2 Å². The highest BCUT2D eigenvalue weighted by molar-refractivity contribution is 9.10. The molecule has 160 valence electrons. The fraction of sp³-hybridized carbons (Fsp3) is 0.136. The fourth-order valence-corrected chi connectivity index (χ4v) is 4.03. The Balaban J connectivity index is 1.81. The first kappa shape index (κ1) is 23.0. The summed E-state index contributed by atoms with van der Waals surface area (Å²) in [6.45, 7) is 1.76. The first-order chi connectivity index (χ1) is 14.8. The second-order valence-corrected chi connectivity index (χ2v) is 8.11. The lowest BCUT2D eigenvalue weighted by atomic mass is 10.1. The molecule has 9 heteroatoms. The van der Waals surface area contributed by atoms with Gasteiger partial charge in [0.25, 0.3) is 5.91 Å². The van der Waals surface area contributed by atoms with Crippen molar-refractivity contribution >= 4 is 78.8 Å². The molecule has 0 atom stereocenters. The van der Waals surface area contributed by atoms with Crippen LogP contribution >= 0.6 is 39.7 Å². The maximum absolute atomic E-state index is 12.9. The number of nitrogens with one attached hydrogen (secondary N) is 3. The molecule has 3 aromatic carbocycles. The standard InChI is InChI=1S/C22H19BrClN3O3S/c1-3-18(28)25-13-8-9-16(24)17(11-13)26-22(31)27-21(29)15-10-12-6-4-5-7-14(12)19(23)20(15)30-2/h4-11H,3H2,1-2H3,(H,25,28)(H2,26,27,29,31). The van der Waals surface area contributed by atoms with Crippen molar-refractivity contribution in [3.05, 3.63) is 63.6 Å². The van der Waals surface area contributed by atoms with Crippen molar-refractivity contribution in [3.8, 4) is 5.75 Å². The average Bonchev–Trinajstić information content (AvgIpc) is 2.75. The minimum atomic E-state index is -0.438. The Kier molecular flexibility index (Phi) is 7.48. The number of amides is 2. The van der Waals surface area contributed by atoms with Gasteiger partial charge < -0.3 is 15.4 Å². The van der Waals surface area contributed by atoms with E-state index in [1.165, 1.54) is 7.11 Å². The highest BCUT2D eigenvalue weighted by Crippen LogP contribution is 2.36. The summed E-state index contributed by atoms with van der Waals surface area (Å²) in [5.41, 5.74) is 1.34. The third-order valence-corrected chi connectivity index (χ3v) is 5.76.